The first-order chi connectivity index (χ1) is 7.70. The molecule has 1 heteroatoms. The zero-order chi connectivity index (χ0) is 11.5. The van der Waals surface area contributed by atoms with Crippen molar-refractivity contribution in [1.82, 2.24) is 0 Å². The first-order valence-electron chi connectivity index (χ1n) is 6.35. The Morgan fingerprint density at radius 1 is 1.31 bits per heavy atom. The quantitative estimate of drug-likeness (QED) is 0.689. The van der Waals surface area contributed by atoms with Gasteiger partial charge in [0.05, 0.1) is 5.69 Å². The van der Waals surface area contributed by atoms with E-state index in [1.54, 1.807) is 0 Å². The molecule has 1 aromatic rings. The zero-order valence-corrected chi connectivity index (χ0v) is 10.6. The Bertz CT molecular complexity index is 404. The molecule has 0 bridgehead atoms. The monoisotopic (exact) mass is 215 g/mol. The van der Waals surface area contributed by atoms with Crippen molar-refractivity contribution in [2.24, 2.45) is 4.99 Å². The van der Waals surface area contributed by atoms with Gasteiger partial charge in [0.15, 0.2) is 0 Å². The lowest BCUT2D eigenvalue weighted by atomic mass is 9.85. The Kier molecular flexibility index (Phi) is 3.42. The summed E-state index contributed by atoms with van der Waals surface area (Å²) in [5.41, 5.74) is 5.32. The predicted molar refractivity (Wildman–Crippen MR) is 70.8 cm³/mol. The average Bonchev–Trinajstić information content (AvgIpc) is 2.26. The van der Waals surface area contributed by atoms with E-state index in [-0.39, 0.29) is 0 Å². The fourth-order valence-corrected chi connectivity index (χ4v) is 2.53. The van der Waals surface area contributed by atoms with Crippen molar-refractivity contribution in [3.63, 3.8) is 0 Å². The van der Waals surface area contributed by atoms with Crippen molar-refractivity contribution < 1.29 is 0 Å². The Labute approximate surface area is 98.6 Å². The van der Waals surface area contributed by atoms with Gasteiger partial charge in [-0.3, -0.25) is 4.99 Å². The summed E-state index contributed by atoms with van der Waals surface area (Å²) < 4.78 is 0. The molecule has 0 fully saturated rings. The van der Waals surface area contributed by atoms with Gasteiger partial charge < -0.3 is 0 Å². The Morgan fingerprint density at radius 3 is 2.88 bits per heavy atom. The predicted octanol–water partition coefficient (Wildman–Crippen LogP) is 4.76. The summed E-state index contributed by atoms with van der Waals surface area (Å²) in [6, 6.07) is 6.66. The third-order valence-corrected chi connectivity index (χ3v) is 3.38. The standard InChI is InChI=1S/C15H21N/c1-4-5-6-13-10-12(3)16-15-8-7-11(2)9-14(13)15/h7-9,13H,4-6,10H2,1-3H3. The van der Waals surface area contributed by atoms with Crippen LogP contribution in [0.3, 0.4) is 0 Å². The molecule has 0 aliphatic carbocycles. The molecule has 1 nitrogen and oxygen atoms in total. The summed E-state index contributed by atoms with van der Waals surface area (Å²) in [7, 11) is 0. The zero-order valence-electron chi connectivity index (χ0n) is 10.6. The van der Waals surface area contributed by atoms with Crippen LogP contribution in [0.4, 0.5) is 5.69 Å². The number of hydrogen-bond donors (Lipinski definition) is 0. The van der Waals surface area contributed by atoms with E-state index in [1.165, 1.54) is 41.8 Å². The molecule has 0 aromatic heterocycles. The van der Waals surface area contributed by atoms with Crippen LogP contribution in [-0.4, -0.2) is 5.71 Å². The van der Waals surface area contributed by atoms with Gasteiger partial charge in [-0.05, 0) is 44.2 Å². The number of fused-ring (bicyclic) bond motifs is 1. The summed E-state index contributed by atoms with van der Waals surface area (Å²) in [5, 5.41) is 0. The molecule has 16 heavy (non-hydrogen) atoms. The molecular formula is C15H21N. The third kappa shape index (κ3) is 2.34. The Morgan fingerprint density at radius 2 is 2.12 bits per heavy atom. The van der Waals surface area contributed by atoms with Crippen molar-refractivity contribution in [1.29, 1.82) is 0 Å². The molecule has 1 atom stereocenters. The van der Waals surface area contributed by atoms with E-state index in [0.29, 0.717) is 5.92 Å². The van der Waals surface area contributed by atoms with Crippen LogP contribution in [0.1, 0.15) is 56.6 Å². The summed E-state index contributed by atoms with van der Waals surface area (Å²) in [6.45, 7) is 6.59. The van der Waals surface area contributed by atoms with Crippen LogP contribution in [0.2, 0.25) is 0 Å². The molecule has 0 spiro atoms. The Hall–Kier alpha value is -1.11. The molecule has 1 aliphatic rings. The maximum absolute atomic E-state index is 4.66. The van der Waals surface area contributed by atoms with Gasteiger partial charge in [0.1, 0.15) is 0 Å². The largest absolute Gasteiger partial charge is 0.258 e. The minimum absolute atomic E-state index is 0.701. The molecule has 86 valence electrons. The molecule has 0 saturated carbocycles. The van der Waals surface area contributed by atoms with Crippen LogP contribution in [0.25, 0.3) is 0 Å². The fourth-order valence-electron chi connectivity index (χ4n) is 2.53. The molecule has 2 rings (SSSR count). The van der Waals surface area contributed by atoms with Crippen LogP contribution < -0.4 is 0 Å². The number of aryl methyl sites for hydroxylation is 1. The van der Waals surface area contributed by atoms with Gasteiger partial charge in [0.25, 0.3) is 0 Å². The van der Waals surface area contributed by atoms with Gasteiger partial charge >= 0.3 is 0 Å². The topological polar surface area (TPSA) is 12.4 Å². The first kappa shape index (κ1) is 11.4. The molecule has 0 N–H and O–H groups in total. The summed E-state index contributed by atoms with van der Waals surface area (Å²) in [6.07, 6.45) is 5.06. The van der Waals surface area contributed by atoms with Crippen molar-refractivity contribution in [2.45, 2.75) is 52.4 Å². The number of nitrogens with zero attached hydrogens (tertiary/aromatic N) is 1. The minimum Gasteiger partial charge on any atom is -0.258 e. The van der Waals surface area contributed by atoms with Crippen molar-refractivity contribution in [2.75, 3.05) is 0 Å². The highest BCUT2D eigenvalue weighted by atomic mass is 14.8. The van der Waals surface area contributed by atoms with Crippen LogP contribution in [0.5, 0.6) is 0 Å². The SMILES string of the molecule is CCCCC1CC(C)=Nc2ccc(C)cc21. The van der Waals surface area contributed by atoms with Crippen molar-refractivity contribution in [3.8, 4) is 0 Å². The molecule has 0 radical (unpaired) electrons. The highest BCUT2D eigenvalue weighted by Gasteiger charge is 2.20. The van der Waals surface area contributed by atoms with Crippen LogP contribution in [-0.2, 0) is 0 Å². The van der Waals surface area contributed by atoms with Gasteiger partial charge in [0, 0.05) is 5.71 Å². The second-order valence-electron chi connectivity index (χ2n) is 4.95. The van der Waals surface area contributed by atoms with Gasteiger partial charge in [-0.25, -0.2) is 0 Å². The van der Waals surface area contributed by atoms with E-state index in [1.807, 2.05) is 0 Å². The molecule has 1 aromatic carbocycles. The maximum Gasteiger partial charge on any atom is 0.0663 e. The molecule has 1 unspecified atom stereocenters. The lowest BCUT2D eigenvalue weighted by Crippen LogP contribution is -2.10. The normalized spacial score (nSPS) is 19.2. The highest BCUT2D eigenvalue weighted by Crippen LogP contribution is 2.37. The van der Waals surface area contributed by atoms with Crippen molar-refractivity contribution in [3.05, 3.63) is 29.3 Å². The second-order valence-corrected chi connectivity index (χ2v) is 4.95. The van der Waals surface area contributed by atoms with E-state index < -0.39 is 0 Å². The number of aliphatic imine (C=N–C) groups is 1. The van der Waals surface area contributed by atoms with E-state index in [2.05, 4.69) is 44.0 Å². The van der Waals surface area contributed by atoms with Crippen LogP contribution in [0, 0.1) is 6.92 Å². The molecule has 0 amide bonds. The van der Waals surface area contributed by atoms with Gasteiger partial charge in [-0.15, -0.1) is 0 Å². The molecule has 0 saturated heterocycles. The fraction of sp³-hybridized carbons (Fsp3) is 0.533. The highest BCUT2D eigenvalue weighted by molar-refractivity contribution is 5.88. The summed E-state index contributed by atoms with van der Waals surface area (Å²) in [5.74, 6) is 0.701. The van der Waals surface area contributed by atoms with E-state index >= 15 is 0 Å². The summed E-state index contributed by atoms with van der Waals surface area (Å²) in [4.78, 5) is 4.66. The van der Waals surface area contributed by atoms with Gasteiger partial charge in [-0.2, -0.15) is 0 Å². The first-order valence-corrected chi connectivity index (χ1v) is 6.35. The van der Waals surface area contributed by atoms with Crippen LogP contribution in [0.15, 0.2) is 23.2 Å². The van der Waals surface area contributed by atoms with Gasteiger partial charge in [-0.1, -0.05) is 37.5 Å². The van der Waals surface area contributed by atoms with E-state index in [0.717, 1.165) is 6.42 Å². The number of unbranched alkanes of at least 4 members (excludes halogenated alkanes) is 1. The third-order valence-electron chi connectivity index (χ3n) is 3.38. The van der Waals surface area contributed by atoms with Crippen molar-refractivity contribution >= 4 is 11.4 Å². The number of hydrogen-bond acceptors (Lipinski definition) is 1. The minimum atomic E-state index is 0.701. The Balaban J connectivity index is 2.31. The van der Waals surface area contributed by atoms with Gasteiger partial charge in [0.2, 0.25) is 0 Å². The van der Waals surface area contributed by atoms with E-state index in [4.69, 9.17) is 0 Å². The number of benzene rings is 1. The maximum atomic E-state index is 4.66. The molecule has 1 heterocycles. The summed E-state index contributed by atoms with van der Waals surface area (Å²) >= 11 is 0. The second kappa shape index (κ2) is 4.82. The average molecular weight is 215 g/mol. The smallest absolute Gasteiger partial charge is 0.0663 e. The number of rotatable bonds is 3. The lowest BCUT2D eigenvalue weighted by Gasteiger charge is -2.24. The lowest BCUT2D eigenvalue weighted by molar-refractivity contribution is 0.595. The van der Waals surface area contributed by atoms with E-state index in [9.17, 15) is 0 Å². The molecular weight excluding hydrogens is 194 g/mol. The van der Waals surface area contributed by atoms with Crippen LogP contribution >= 0.6 is 0 Å². The molecule has 1 aliphatic heterocycles.